The number of alkyl carbamates (subject to hydrolysis) is 1. The molecule has 1 atom stereocenters. The highest BCUT2D eigenvalue weighted by molar-refractivity contribution is 6.31. The lowest BCUT2D eigenvalue weighted by molar-refractivity contribution is -0.124. The van der Waals surface area contributed by atoms with Crippen molar-refractivity contribution >= 4 is 40.8 Å². The monoisotopic (exact) mass is 421 g/mol. The van der Waals surface area contributed by atoms with E-state index in [4.69, 9.17) is 20.8 Å². The van der Waals surface area contributed by atoms with Gasteiger partial charge < -0.3 is 14.5 Å². The van der Waals surface area contributed by atoms with Crippen LogP contribution in [0.25, 0.3) is 11.0 Å². The molecule has 0 aliphatic rings. The minimum atomic E-state index is -0.867. The number of hydrogen-bond donors (Lipinski definition) is 2. The number of rotatable bonds is 5. The van der Waals surface area contributed by atoms with Crippen LogP contribution in [-0.4, -0.2) is 29.9 Å². The Kier molecular flexibility index (Phi) is 7.02. The first-order valence-corrected chi connectivity index (χ1v) is 9.39. The normalized spacial score (nSPS) is 12.9. The van der Waals surface area contributed by atoms with Crippen LogP contribution >= 0.6 is 11.6 Å². The summed E-state index contributed by atoms with van der Waals surface area (Å²) in [7, 11) is 0. The number of nitrogens with one attached hydrogen (secondary N) is 2. The van der Waals surface area contributed by atoms with E-state index in [2.05, 4.69) is 15.8 Å². The molecular formula is C20H24ClN3O5. The molecule has 2 rings (SSSR count). The molecule has 0 fully saturated rings. The molecule has 1 aromatic carbocycles. The van der Waals surface area contributed by atoms with Crippen LogP contribution in [0.3, 0.4) is 0 Å². The van der Waals surface area contributed by atoms with Crippen LogP contribution in [-0.2, 0) is 9.53 Å². The number of benzene rings is 1. The third-order valence-electron chi connectivity index (χ3n) is 3.76. The summed E-state index contributed by atoms with van der Waals surface area (Å²) < 4.78 is 10.6. The van der Waals surface area contributed by atoms with Crippen LogP contribution in [0.1, 0.15) is 40.2 Å². The van der Waals surface area contributed by atoms with Gasteiger partial charge in [0.1, 0.15) is 23.5 Å². The summed E-state index contributed by atoms with van der Waals surface area (Å²) in [5, 5.41) is 7.04. The van der Waals surface area contributed by atoms with Gasteiger partial charge in [-0.2, -0.15) is 5.10 Å². The molecule has 156 valence electrons. The molecule has 0 bridgehead atoms. The van der Waals surface area contributed by atoms with Gasteiger partial charge in [-0.3, -0.25) is 9.59 Å². The van der Waals surface area contributed by atoms with Crippen molar-refractivity contribution in [3.63, 3.8) is 0 Å². The molecule has 0 aliphatic heterocycles. The molecule has 2 N–H and O–H groups in total. The third-order valence-corrected chi connectivity index (χ3v) is 4.00. The largest absolute Gasteiger partial charge is 0.463 e. The van der Waals surface area contributed by atoms with Crippen molar-refractivity contribution in [3.8, 4) is 0 Å². The van der Waals surface area contributed by atoms with Crippen molar-refractivity contribution in [1.82, 2.24) is 10.7 Å². The van der Waals surface area contributed by atoms with Gasteiger partial charge in [-0.25, -0.2) is 10.2 Å². The third kappa shape index (κ3) is 6.32. The van der Waals surface area contributed by atoms with Crippen LogP contribution in [0.2, 0.25) is 5.02 Å². The van der Waals surface area contributed by atoms with E-state index in [1.807, 2.05) is 0 Å². The number of fused-ring (bicyclic) bond motifs is 1. The Morgan fingerprint density at radius 3 is 2.59 bits per heavy atom. The van der Waals surface area contributed by atoms with E-state index in [-0.39, 0.29) is 16.9 Å². The fraction of sp³-hybridized carbons (Fsp3) is 0.400. The minimum Gasteiger partial charge on any atom is -0.463 e. The molecular weight excluding hydrogens is 398 g/mol. The topological polar surface area (TPSA) is 110 Å². The summed E-state index contributed by atoms with van der Waals surface area (Å²) in [4.78, 5) is 36.8. The maximum atomic E-state index is 12.5. The minimum absolute atomic E-state index is 0.140. The lowest BCUT2D eigenvalue weighted by Crippen LogP contribution is -2.49. The van der Waals surface area contributed by atoms with Gasteiger partial charge >= 0.3 is 6.09 Å². The lowest BCUT2D eigenvalue weighted by atomic mass is 10.0. The molecule has 1 aromatic heterocycles. The average molecular weight is 422 g/mol. The summed E-state index contributed by atoms with van der Waals surface area (Å²) in [6, 6.07) is 3.84. The Balaban J connectivity index is 2.10. The lowest BCUT2D eigenvalue weighted by Gasteiger charge is -2.24. The SMILES string of the molecule is CC(C)[C@H](NC(=O)OC(C)(C)C)C(=O)N/N=C/c1coc2ccc(Cl)cc2c1=O. The fourth-order valence-corrected chi connectivity index (χ4v) is 2.58. The van der Waals surface area contributed by atoms with Gasteiger partial charge in [-0.15, -0.1) is 0 Å². The number of halogens is 1. The Bertz CT molecular complexity index is 992. The summed E-state index contributed by atoms with van der Waals surface area (Å²) >= 11 is 5.92. The number of amides is 2. The second-order valence-corrected chi connectivity index (χ2v) is 8.20. The van der Waals surface area contributed by atoms with E-state index in [9.17, 15) is 14.4 Å². The Morgan fingerprint density at radius 2 is 1.97 bits per heavy atom. The standard InChI is InChI=1S/C20H24ClN3O5/c1-11(2)16(23-19(27)29-20(3,4)5)18(26)24-22-9-12-10-28-15-7-6-13(21)8-14(15)17(12)25/h6-11,16H,1-5H3,(H,23,27)(H,24,26)/b22-9+/t16-/m0/s1. The summed E-state index contributed by atoms with van der Waals surface area (Å²) in [6.45, 7) is 8.72. The predicted molar refractivity (Wildman–Crippen MR) is 111 cm³/mol. The fourth-order valence-electron chi connectivity index (χ4n) is 2.41. The van der Waals surface area contributed by atoms with Crippen molar-refractivity contribution < 1.29 is 18.7 Å². The van der Waals surface area contributed by atoms with Crippen LogP contribution in [0.5, 0.6) is 0 Å². The van der Waals surface area contributed by atoms with Crippen molar-refractivity contribution in [2.45, 2.75) is 46.3 Å². The van der Waals surface area contributed by atoms with Gasteiger partial charge in [0, 0.05) is 5.02 Å². The van der Waals surface area contributed by atoms with Crippen molar-refractivity contribution in [1.29, 1.82) is 0 Å². The van der Waals surface area contributed by atoms with Crippen LogP contribution in [0.15, 0.2) is 38.8 Å². The molecule has 9 heteroatoms. The van der Waals surface area contributed by atoms with Crippen LogP contribution in [0, 0.1) is 5.92 Å². The van der Waals surface area contributed by atoms with Crippen LogP contribution in [0.4, 0.5) is 4.79 Å². The Labute approximate surface area is 173 Å². The van der Waals surface area contributed by atoms with Crippen molar-refractivity contribution in [3.05, 3.63) is 45.3 Å². The predicted octanol–water partition coefficient (Wildman–Crippen LogP) is 3.45. The molecule has 0 aliphatic carbocycles. The number of carbonyl (C=O) groups is 2. The number of nitrogens with zero attached hydrogens (tertiary/aromatic N) is 1. The first-order chi connectivity index (χ1) is 13.5. The molecule has 29 heavy (non-hydrogen) atoms. The summed E-state index contributed by atoms with van der Waals surface area (Å²) in [5.74, 6) is -0.763. The van der Waals surface area contributed by atoms with E-state index in [0.717, 1.165) is 0 Å². The van der Waals surface area contributed by atoms with Gasteiger partial charge in [0.05, 0.1) is 17.2 Å². The molecule has 0 saturated carbocycles. The second kappa shape index (κ2) is 9.09. The molecule has 0 saturated heterocycles. The first-order valence-electron chi connectivity index (χ1n) is 9.01. The molecule has 0 unspecified atom stereocenters. The van der Waals surface area contributed by atoms with Crippen LogP contribution < -0.4 is 16.2 Å². The van der Waals surface area contributed by atoms with Gasteiger partial charge in [-0.05, 0) is 44.9 Å². The van der Waals surface area contributed by atoms with Gasteiger partial charge in [0.2, 0.25) is 5.43 Å². The zero-order valence-corrected chi connectivity index (χ0v) is 17.7. The molecule has 2 amide bonds. The molecule has 8 nitrogen and oxygen atoms in total. The van der Waals surface area contributed by atoms with Gasteiger partial charge in [0.25, 0.3) is 5.91 Å². The Hall–Kier alpha value is -2.87. The molecule has 0 spiro atoms. The zero-order chi connectivity index (χ0) is 21.8. The van der Waals surface area contributed by atoms with Crippen molar-refractivity contribution in [2.24, 2.45) is 11.0 Å². The van der Waals surface area contributed by atoms with E-state index in [1.165, 1.54) is 18.5 Å². The van der Waals surface area contributed by atoms with E-state index in [1.54, 1.807) is 46.8 Å². The van der Waals surface area contributed by atoms with E-state index < -0.39 is 23.6 Å². The maximum Gasteiger partial charge on any atom is 0.408 e. The van der Waals surface area contributed by atoms with Crippen molar-refractivity contribution in [2.75, 3.05) is 0 Å². The highest BCUT2D eigenvalue weighted by Gasteiger charge is 2.26. The summed E-state index contributed by atoms with van der Waals surface area (Å²) in [5.41, 5.74) is 1.83. The Morgan fingerprint density at radius 1 is 1.28 bits per heavy atom. The maximum absolute atomic E-state index is 12.5. The number of carbonyl (C=O) groups excluding carboxylic acids is 2. The molecule has 0 radical (unpaired) electrons. The van der Waals surface area contributed by atoms with E-state index in [0.29, 0.717) is 16.0 Å². The zero-order valence-electron chi connectivity index (χ0n) is 16.9. The number of ether oxygens (including phenoxy) is 1. The summed E-state index contributed by atoms with van der Waals surface area (Å²) in [6.07, 6.45) is 1.71. The van der Waals surface area contributed by atoms with E-state index >= 15 is 0 Å². The second-order valence-electron chi connectivity index (χ2n) is 7.76. The van der Waals surface area contributed by atoms with Gasteiger partial charge in [-0.1, -0.05) is 25.4 Å². The quantitative estimate of drug-likeness (QED) is 0.567. The number of hydrazone groups is 1. The average Bonchev–Trinajstić information content (AvgIpc) is 2.60. The number of hydrogen-bond acceptors (Lipinski definition) is 6. The smallest absolute Gasteiger partial charge is 0.408 e. The highest BCUT2D eigenvalue weighted by Crippen LogP contribution is 2.16. The van der Waals surface area contributed by atoms with Gasteiger partial charge in [0.15, 0.2) is 0 Å². The molecule has 2 aromatic rings. The molecule has 1 heterocycles. The first kappa shape index (κ1) is 22.4. The highest BCUT2D eigenvalue weighted by atomic mass is 35.5.